The minimum Gasteiger partial charge on any atom is -0.497 e. The summed E-state index contributed by atoms with van der Waals surface area (Å²) >= 11 is 0. The molecular weight excluding hydrogens is 226 g/mol. The zero-order chi connectivity index (χ0) is 13.3. The summed E-state index contributed by atoms with van der Waals surface area (Å²) in [5.41, 5.74) is 8.04. The molecule has 2 N–H and O–H groups in total. The van der Waals surface area contributed by atoms with Crippen LogP contribution in [0.15, 0.2) is 18.2 Å². The average Bonchev–Trinajstić information content (AvgIpc) is 2.66. The van der Waals surface area contributed by atoms with Crippen molar-refractivity contribution in [3.05, 3.63) is 18.2 Å². The van der Waals surface area contributed by atoms with E-state index in [4.69, 9.17) is 10.5 Å². The van der Waals surface area contributed by atoms with Gasteiger partial charge in [-0.1, -0.05) is 20.8 Å². The molecule has 0 spiro atoms. The number of nitrogens with two attached hydrogens (primary N) is 1. The molecule has 1 aromatic carbocycles. The second kappa shape index (κ2) is 4.88. The largest absolute Gasteiger partial charge is 0.497 e. The van der Waals surface area contributed by atoms with Crippen molar-refractivity contribution < 1.29 is 4.74 Å². The summed E-state index contributed by atoms with van der Waals surface area (Å²) in [6.07, 6.45) is 1.04. The molecule has 0 aliphatic rings. The van der Waals surface area contributed by atoms with E-state index >= 15 is 0 Å². The van der Waals surface area contributed by atoms with E-state index in [1.54, 1.807) is 7.11 Å². The Labute approximate surface area is 108 Å². The number of methoxy groups -OCH3 is 1. The lowest BCUT2D eigenvalue weighted by molar-refractivity contribution is 0.377. The molecule has 18 heavy (non-hydrogen) atoms. The second-order valence-electron chi connectivity index (χ2n) is 4.91. The lowest BCUT2D eigenvalue weighted by Gasteiger charge is -2.22. The smallest absolute Gasteiger partial charge is 0.201 e. The van der Waals surface area contributed by atoms with Crippen molar-refractivity contribution in [3.63, 3.8) is 0 Å². The number of aromatic nitrogens is 2. The van der Waals surface area contributed by atoms with E-state index in [1.165, 1.54) is 0 Å². The number of rotatable bonds is 4. The van der Waals surface area contributed by atoms with Crippen molar-refractivity contribution in [2.75, 3.05) is 12.8 Å². The monoisotopic (exact) mass is 247 g/mol. The molecule has 0 saturated heterocycles. The molecule has 0 aliphatic carbocycles. The van der Waals surface area contributed by atoms with Crippen LogP contribution in [0.25, 0.3) is 11.0 Å². The summed E-state index contributed by atoms with van der Waals surface area (Å²) in [6.45, 7) is 6.60. The number of nitrogen functional groups attached to an aromatic ring is 1. The Morgan fingerprint density at radius 3 is 2.67 bits per heavy atom. The number of hydrogen-bond donors (Lipinski definition) is 1. The summed E-state index contributed by atoms with van der Waals surface area (Å²) in [7, 11) is 1.66. The highest BCUT2D eigenvalue weighted by molar-refractivity contribution is 5.80. The van der Waals surface area contributed by atoms with Crippen LogP contribution in [0.3, 0.4) is 0 Å². The molecule has 0 saturated carbocycles. The molecule has 0 bridgehead atoms. The van der Waals surface area contributed by atoms with E-state index < -0.39 is 0 Å². The molecule has 0 fully saturated rings. The lowest BCUT2D eigenvalue weighted by atomic mass is 10.0. The van der Waals surface area contributed by atoms with Crippen LogP contribution in [0.4, 0.5) is 5.95 Å². The van der Waals surface area contributed by atoms with Crippen LogP contribution >= 0.6 is 0 Å². The van der Waals surface area contributed by atoms with Gasteiger partial charge in [0, 0.05) is 12.1 Å². The van der Waals surface area contributed by atoms with Gasteiger partial charge in [0.05, 0.1) is 18.1 Å². The number of ether oxygens (including phenoxy) is 1. The van der Waals surface area contributed by atoms with E-state index in [-0.39, 0.29) is 0 Å². The molecule has 0 radical (unpaired) electrons. The van der Waals surface area contributed by atoms with Gasteiger partial charge in [-0.25, -0.2) is 4.98 Å². The Hall–Kier alpha value is -1.71. The van der Waals surface area contributed by atoms with Crippen LogP contribution in [-0.2, 0) is 0 Å². The summed E-state index contributed by atoms with van der Waals surface area (Å²) in [6, 6.07) is 6.29. The van der Waals surface area contributed by atoms with Gasteiger partial charge >= 0.3 is 0 Å². The van der Waals surface area contributed by atoms with Crippen LogP contribution in [0.5, 0.6) is 5.75 Å². The molecule has 4 heteroatoms. The molecule has 1 atom stereocenters. The molecule has 0 aliphatic heterocycles. The molecular formula is C14H21N3O. The molecule has 1 unspecified atom stereocenters. The molecule has 2 aromatic rings. The fraction of sp³-hybridized carbons (Fsp3) is 0.500. The van der Waals surface area contributed by atoms with E-state index in [0.29, 0.717) is 17.9 Å². The van der Waals surface area contributed by atoms with Crippen LogP contribution in [0, 0.1) is 5.92 Å². The minimum atomic E-state index is 0.378. The maximum absolute atomic E-state index is 6.07. The van der Waals surface area contributed by atoms with Gasteiger partial charge in [0.1, 0.15) is 5.75 Å². The highest BCUT2D eigenvalue weighted by atomic mass is 16.5. The molecule has 1 aromatic heterocycles. The Kier molecular flexibility index (Phi) is 3.45. The molecule has 4 nitrogen and oxygen atoms in total. The minimum absolute atomic E-state index is 0.378. The third-order valence-electron chi connectivity index (χ3n) is 3.44. The molecule has 98 valence electrons. The summed E-state index contributed by atoms with van der Waals surface area (Å²) in [5, 5.41) is 0. The summed E-state index contributed by atoms with van der Waals surface area (Å²) in [5.74, 6) is 1.92. The first-order valence-corrected chi connectivity index (χ1v) is 6.40. The topological polar surface area (TPSA) is 53.1 Å². The fourth-order valence-electron chi connectivity index (χ4n) is 2.52. The molecule has 2 rings (SSSR count). The Bertz CT molecular complexity index is 545. The quantitative estimate of drug-likeness (QED) is 0.902. The Balaban J connectivity index is 2.60. The van der Waals surface area contributed by atoms with E-state index in [0.717, 1.165) is 23.2 Å². The third kappa shape index (κ3) is 2.03. The van der Waals surface area contributed by atoms with Gasteiger partial charge in [0.2, 0.25) is 5.95 Å². The third-order valence-corrected chi connectivity index (χ3v) is 3.44. The van der Waals surface area contributed by atoms with Crippen molar-refractivity contribution in [1.29, 1.82) is 0 Å². The first-order valence-electron chi connectivity index (χ1n) is 6.40. The van der Waals surface area contributed by atoms with Crippen molar-refractivity contribution in [3.8, 4) is 5.75 Å². The highest BCUT2D eigenvalue weighted by Crippen LogP contribution is 2.31. The number of benzene rings is 1. The van der Waals surface area contributed by atoms with Gasteiger partial charge in [0.15, 0.2) is 0 Å². The highest BCUT2D eigenvalue weighted by Gasteiger charge is 2.19. The number of hydrogen-bond acceptors (Lipinski definition) is 3. The van der Waals surface area contributed by atoms with Crippen molar-refractivity contribution in [2.45, 2.75) is 33.2 Å². The summed E-state index contributed by atoms with van der Waals surface area (Å²) in [4.78, 5) is 4.43. The van der Waals surface area contributed by atoms with Gasteiger partial charge in [-0.2, -0.15) is 0 Å². The van der Waals surface area contributed by atoms with Gasteiger partial charge in [-0.3, -0.25) is 0 Å². The van der Waals surface area contributed by atoms with Crippen LogP contribution in [-0.4, -0.2) is 16.7 Å². The maximum Gasteiger partial charge on any atom is 0.201 e. The number of fused-ring (bicyclic) bond motifs is 1. The van der Waals surface area contributed by atoms with Crippen LogP contribution in [0.1, 0.15) is 33.2 Å². The molecule has 1 heterocycles. The Morgan fingerprint density at radius 1 is 1.39 bits per heavy atom. The van der Waals surface area contributed by atoms with Crippen molar-refractivity contribution in [1.82, 2.24) is 9.55 Å². The van der Waals surface area contributed by atoms with Gasteiger partial charge in [-0.05, 0) is 24.5 Å². The zero-order valence-electron chi connectivity index (χ0n) is 11.5. The Morgan fingerprint density at radius 2 is 2.11 bits per heavy atom. The van der Waals surface area contributed by atoms with E-state index in [1.807, 2.05) is 18.2 Å². The number of nitrogens with zero attached hydrogens (tertiary/aromatic N) is 2. The summed E-state index contributed by atoms with van der Waals surface area (Å²) < 4.78 is 7.35. The lowest BCUT2D eigenvalue weighted by Crippen LogP contribution is -2.16. The average molecular weight is 247 g/mol. The van der Waals surface area contributed by atoms with Crippen LogP contribution < -0.4 is 10.5 Å². The van der Waals surface area contributed by atoms with Gasteiger partial charge < -0.3 is 15.0 Å². The first-order chi connectivity index (χ1) is 8.58. The van der Waals surface area contributed by atoms with Crippen LogP contribution in [0.2, 0.25) is 0 Å². The van der Waals surface area contributed by atoms with Crippen molar-refractivity contribution >= 4 is 17.0 Å². The second-order valence-corrected chi connectivity index (χ2v) is 4.91. The van der Waals surface area contributed by atoms with E-state index in [2.05, 4.69) is 30.3 Å². The van der Waals surface area contributed by atoms with Gasteiger partial charge in [-0.15, -0.1) is 0 Å². The molecule has 0 amide bonds. The number of anilines is 1. The van der Waals surface area contributed by atoms with E-state index in [9.17, 15) is 0 Å². The first kappa shape index (κ1) is 12.7. The van der Waals surface area contributed by atoms with Gasteiger partial charge in [0.25, 0.3) is 0 Å². The normalized spacial score (nSPS) is 13.2. The standard InChI is InChI=1S/C14H21N3O/c1-5-12(9(2)3)17-13-7-6-10(18-4)8-11(13)16-14(17)15/h6-9,12H,5H2,1-4H3,(H2,15,16). The number of imidazole rings is 1. The zero-order valence-corrected chi connectivity index (χ0v) is 11.5. The fourth-order valence-corrected chi connectivity index (χ4v) is 2.52. The predicted molar refractivity (Wildman–Crippen MR) is 74.9 cm³/mol. The maximum atomic E-state index is 6.07. The van der Waals surface area contributed by atoms with Crippen molar-refractivity contribution in [2.24, 2.45) is 5.92 Å². The SMILES string of the molecule is CCC(C(C)C)n1c(N)nc2cc(OC)ccc21. The predicted octanol–water partition coefficient (Wildman–Crippen LogP) is 3.23.